The lowest BCUT2D eigenvalue weighted by atomic mass is 10.0. The minimum absolute atomic E-state index is 0.139. The second kappa shape index (κ2) is 10.6. The van der Waals surface area contributed by atoms with Gasteiger partial charge in [-0.3, -0.25) is 14.6 Å². The molecule has 5 rings (SSSR count). The van der Waals surface area contributed by atoms with Gasteiger partial charge >= 0.3 is 11.9 Å². The topological polar surface area (TPSA) is 133 Å². The van der Waals surface area contributed by atoms with E-state index in [0.29, 0.717) is 40.5 Å². The number of nitrogens with zero attached hydrogens (tertiary/aromatic N) is 3. The third-order valence-corrected chi connectivity index (χ3v) is 7.20. The van der Waals surface area contributed by atoms with Crippen molar-refractivity contribution in [2.24, 2.45) is 0 Å². The summed E-state index contributed by atoms with van der Waals surface area (Å²) < 4.78 is 16.4. The van der Waals surface area contributed by atoms with E-state index in [1.54, 1.807) is 13.1 Å². The first-order valence-electron chi connectivity index (χ1n) is 12.1. The van der Waals surface area contributed by atoms with Gasteiger partial charge in [0.05, 0.1) is 23.7 Å². The minimum atomic E-state index is -1.67. The van der Waals surface area contributed by atoms with Crippen molar-refractivity contribution in [3.05, 3.63) is 59.0 Å². The second-order valence-electron chi connectivity index (χ2n) is 8.81. The number of ether oxygens (including phenoxy) is 3. The summed E-state index contributed by atoms with van der Waals surface area (Å²) in [7, 11) is 0. The summed E-state index contributed by atoms with van der Waals surface area (Å²) in [5, 5.41) is 14.0. The Morgan fingerprint density at radius 2 is 2.00 bits per heavy atom. The molecule has 1 aromatic carbocycles. The van der Waals surface area contributed by atoms with Crippen LogP contribution in [0.1, 0.15) is 42.6 Å². The average Bonchev–Trinajstić information content (AvgIpc) is 3.50. The standard InChI is InChI=1S/C27H26N4O6S/c1-4-14(2)37-27(34)22(26(32)33)24-30-23(29-12-17-7-5-6-10-28-17)21-20(15(3)38-25(21)31-24)16-8-9-18-19(11-16)36-13-35-18/h5-11,14,22H,4,12-13H2,1-3H3,(H,32,33)(H,29,30,31). The fourth-order valence-electron chi connectivity index (χ4n) is 4.13. The Balaban J connectivity index is 1.64. The molecule has 2 atom stereocenters. The van der Waals surface area contributed by atoms with Crippen LogP contribution >= 0.6 is 11.3 Å². The number of carboxylic acids is 1. The number of aromatic nitrogens is 3. The number of thiophene rings is 1. The zero-order chi connectivity index (χ0) is 26.8. The second-order valence-corrected chi connectivity index (χ2v) is 10.0. The van der Waals surface area contributed by atoms with Crippen molar-refractivity contribution in [2.75, 3.05) is 12.1 Å². The number of carboxylic acid groups (broad SMARTS) is 1. The maximum Gasteiger partial charge on any atom is 0.328 e. The number of anilines is 1. The van der Waals surface area contributed by atoms with Gasteiger partial charge in [0, 0.05) is 16.6 Å². The van der Waals surface area contributed by atoms with Crippen molar-refractivity contribution in [3.63, 3.8) is 0 Å². The van der Waals surface area contributed by atoms with Gasteiger partial charge in [0.25, 0.3) is 0 Å². The highest BCUT2D eigenvalue weighted by molar-refractivity contribution is 7.19. The van der Waals surface area contributed by atoms with Gasteiger partial charge in [0.15, 0.2) is 17.3 Å². The maximum absolute atomic E-state index is 12.8. The van der Waals surface area contributed by atoms with Crippen LogP contribution in [0.3, 0.4) is 0 Å². The Morgan fingerprint density at radius 1 is 1.18 bits per heavy atom. The summed E-state index contributed by atoms with van der Waals surface area (Å²) in [4.78, 5) is 40.0. The smallest absolute Gasteiger partial charge is 0.328 e. The van der Waals surface area contributed by atoms with Gasteiger partial charge in [0.2, 0.25) is 12.7 Å². The predicted octanol–water partition coefficient (Wildman–Crippen LogP) is 4.91. The van der Waals surface area contributed by atoms with Gasteiger partial charge in [-0.15, -0.1) is 11.3 Å². The van der Waals surface area contributed by atoms with Crippen LogP contribution in [-0.4, -0.2) is 44.9 Å². The first kappa shape index (κ1) is 25.4. The van der Waals surface area contributed by atoms with E-state index in [-0.39, 0.29) is 12.6 Å². The number of rotatable bonds is 9. The molecule has 0 amide bonds. The monoisotopic (exact) mass is 534 g/mol. The molecule has 38 heavy (non-hydrogen) atoms. The summed E-state index contributed by atoms with van der Waals surface area (Å²) in [5.74, 6) is -2.37. The van der Waals surface area contributed by atoms with Crippen LogP contribution in [-0.2, 0) is 20.9 Å². The van der Waals surface area contributed by atoms with Gasteiger partial charge in [0.1, 0.15) is 10.6 Å². The Kier molecular flexibility index (Phi) is 7.10. The van der Waals surface area contributed by atoms with Crippen LogP contribution in [0, 0.1) is 6.92 Å². The molecule has 3 aromatic heterocycles. The molecule has 0 radical (unpaired) electrons. The first-order valence-corrected chi connectivity index (χ1v) is 13.0. The fraction of sp³-hybridized carbons (Fsp3) is 0.296. The number of hydrogen-bond acceptors (Lipinski definition) is 10. The van der Waals surface area contributed by atoms with Crippen LogP contribution in [0.4, 0.5) is 5.82 Å². The van der Waals surface area contributed by atoms with Crippen molar-refractivity contribution in [2.45, 2.75) is 45.8 Å². The minimum Gasteiger partial charge on any atom is -0.480 e. The predicted molar refractivity (Wildman–Crippen MR) is 141 cm³/mol. The normalized spacial score (nSPS) is 13.8. The summed E-state index contributed by atoms with van der Waals surface area (Å²) in [6.45, 7) is 6.01. The Labute approximate surface area is 222 Å². The third-order valence-electron chi connectivity index (χ3n) is 6.20. The molecule has 0 saturated carbocycles. The zero-order valence-electron chi connectivity index (χ0n) is 21.1. The molecule has 1 aliphatic heterocycles. The van der Waals surface area contributed by atoms with Crippen molar-refractivity contribution in [1.82, 2.24) is 15.0 Å². The number of carbonyl (C=O) groups excluding carboxylic acids is 1. The lowest BCUT2D eigenvalue weighted by Crippen LogP contribution is -2.28. The molecule has 10 nitrogen and oxygen atoms in total. The number of fused-ring (bicyclic) bond motifs is 2. The Bertz CT molecular complexity index is 1510. The number of pyridine rings is 1. The van der Waals surface area contributed by atoms with Crippen LogP contribution in [0.2, 0.25) is 0 Å². The largest absolute Gasteiger partial charge is 0.480 e. The highest BCUT2D eigenvalue weighted by atomic mass is 32.1. The summed E-state index contributed by atoms with van der Waals surface area (Å²) in [6.07, 6.45) is 1.81. The molecular weight excluding hydrogens is 508 g/mol. The van der Waals surface area contributed by atoms with Gasteiger partial charge in [-0.05, 0) is 50.1 Å². The van der Waals surface area contributed by atoms with Crippen LogP contribution in [0.5, 0.6) is 11.5 Å². The molecule has 2 N–H and O–H groups in total. The number of hydrogen-bond donors (Lipinski definition) is 2. The van der Waals surface area contributed by atoms with Crippen molar-refractivity contribution in [3.8, 4) is 22.6 Å². The van der Waals surface area contributed by atoms with Crippen LogP contribution in [0.25, 0.3) is 21.3 Å². The third kappa shape index (κ3) is 4.97. The summed E-state index contributed by atoms with van der Waals surface area (Å²) in [5.41, 5.74) is 2.52. The van der Waals surface area contributed by atoms with E-state index in [4.69, 9.17) is 14.2 Å². The quantitative estimate of drug-likeness (QED) is 0.225. The molecule has 4 heterocycles. The average molecular weight is 535 g/mol. The molecule has 0 fully saturated rings. The van der Waals surface area contributed by atoms with Crippen molar-refractivity contribution in [1.29, 1.82) is 0 Å². The fourth-order valence-corrected chi connectivity index (χ4v) is 5.18. The molecule has 1 aliphatic rings. The van der Waals surface area contributed by atoms with Gasteiger partial charge in [-0.2, -0.15) is 0 Å². The molecule has 4 aromatic rings. The van der Waals surface area contributed by atoms with E-state index in [1.807, 2.05) is 50.2 Å². The molecule has 0 saturated heterocycles. The molecular formula is C27H26N4O6S. The number of carbonyl (C=O) groups is 2. The highest BCUT2D eigenvalue weighted by Crippen LogP contribution is 2.44. The van der Waals surface area contributed by atoms with Gasteiger partial charge in [-0.25, -0.2) is 9.97 Å². The number of esters is 1. The number of nitrogens with one attached hydrogen (secondary N) is 1. The summed E-state index contributed by atoms with van der Waals surface area (Å²) in [6, 6.07) is 11.3. The van der Waals surface area contributed by atoms with Gasteiger partial charge < -0.3 is 24.6 Å². The van der Waals surface area contributed by atoms with E-state index < -0.39 is 24.0 Å². The number of aliphatic carboxylic acids is 1. The van der Waals surface area contributed by atoms with E-state index >= 15 is 0 Å². The number of aryl methyl sites for hydroxylation is 1. The molecule has 11 heteroatoms. The molecule has 0 spiro atoms. The lowest BCUT2D eigenvalue weighted by Gasteiger charge is -2.16. The summed E-state index contributed by atoms with van der Waals surface area (Å²) >= 11 is 1.39. The molecule has 2 unspecified atom stereocenters. The van der Waals surface area contributed by atoms with Crippen LogP contribution < -0.4 is 14.8 Å². The molecule has 0 bridgehead atoms. The zero-order valence-corrected chi connectivity index (χ0v) is 21.9. The maximum atomic E-state index is 12.8. The SMILES string of the molecule is CCC(C)OC(=O)C(C(=O)O)c1nc(NCc2ccccn2)c2c(-c3ccc4c(c3)OCO4)c(C)sc2n1. The number of benzene rings is 1. The van der Waals surface area contributed by atoms with Crippen molar-refractivity contribution >= 4 is 39.3 Å². The van der Waals surface area contributed by atoms with Gasteiger partial charge in [-0.1, -0.05) is 19.1 Å². The van der Waals surface area contributed by atoms with E-state index in [1.165, 1.54) is 11.3 Å². The molecule has 0 aliphatic carbocycles. The Morgan fingerprint density at radius 3 is 2.74 bits per heavy atom. The Hall–Kier alpha value is -4.25. The van der Waals surface area contributed by atoms with Crippen molar-refractivity contribution < 1.29 is 28.9 Å². The van der Waals surface area contributed by atoms with E-state index in [0.717, 1.165) is 21.7 Å². The highest BCUT2D eigenvalue weighted by Gasteiger charge is 2.35. The van der Waals surface area contributed by atoms with Crippen LogP contribution in [0.15, 0.2) is 42.6 Å². The lowest BCUT2D eigenvalue weighted by molar-refractivity contribution is -0.157. The first-order chi connectivity index (χ1) is 18.4. The molecule has 196 valence electrons. The van der Waals surface area contributed by atoms with E-state index in [9.17, 15) is 14.7 Å². The van der Waals surface area contributed by atoms with E-state index in [2.05, 4.69) is 20.3 Å².